The Morgan fingerprint density at radius 1 is 0.873 bits per heavy atom. The third kappa shape index (κ3) is 16.5. The molecule has 4 atom stereocenters. The number of rotatable bonds is 17. The second kappa shape index (κ2) is 22.3. The van der Waals surface area contributed by atoms with E-state index in [1.165, 1.54) is 38.5 Å². The zero-order chi connectivity index (χ0) is 40.4. The molecule has 0 aromatic heterocycles. The van der Waals surface area contributed by atoms with Crippen molar-refractivity contribution in [3.8, 4) is 5.75 Å². The molecule has 13 nitrogen and oxygen atoms in total. The maximum atomic E-state index is 13.7. The number of allylic oxidation sites excluding steroid dienone is 1. The number of carbonyl (C=O) groups excluding carboxylic acids is 3. The van der Waals surface area contributed by atoms with Crippen LogP contribution >= 0.6 is 0 Å². The van der Waals surface area contributed by atoms with Crippen molar-refractivity contribution >= 4 is 35.8 Å². The quantitative estimate of drug-likeness (QED) is 0.0353. The molecule has 3 N–H and O–H groups in total. The Labute approximate surface area is 329 Å². The molecule has 0 radical (unpaired) electrons. The Morgan fingerprint density at radius 3 is 2.13 bits per heavy atom. The minimum Gasteiger partial charge on any atom is -0.497 e. The van der Waals surface area contributed by atoms with Crippen molar-refractivity contribution in [2.45, 2.75) is 162 Å². The Kier molecular flexibility index (Phi) is 18.3. The molecule has 0 saturated carbocycles. The number of fused-ring (bicyclic) bond motifs is 1. The van der Waals surface area contributed by atoms with Gasteiger partial charge in [0.15, 0.2) is 5.96 Å². The van der Waals surface area contributed by atoms with Gasteiger partial charge in [0, 0.05) is 24.3 Å². The average Bonchev–Trinajstić information content (AvgIpc) is 3.51. The number of unbranched alkanes of at least 4 members (excludes halogenated alkanes) is 7. The van der Waals surface area contributed by atoms with E-state index in [0.717, 1.165) is 43.1 Å². The summed E-state index contributed by atoms with van der Waals surface area (Å²) in [5.74, 6) is 0.825. The van der Waals surface area contributed by atoms with Crippen LogP contribution in [-0.2, 0) is 19.0 Å². The highest BCUT2D eigenvalue weighted by Crippen LogP contribution is 2.38. The summed E-state index contributed by atoms with van der Waals surface area (Å²) >= 11 is 0. The molecule has 1 aromatic rings. The van der Waals surface area contributed by atoms with Crippen molar-refractivity contribution in [2.24, 2.45) is 15.9 Å². The van der Waals surface area contributed by atoms with Gasteiger partial charge in [0.2, 0.25) is 5.96 Å². The Balaban J connectivity index is 1.62. The minimum atomic E-state index is -0.754. The topological polar surface area (TPSA) is 152 Å². The number of guanidine groups is 2. The highest BCUT2D eigenvalue weighted by molar-refractivity contribution is 6.01. The summed E-state index contributed by atoms with van der Waals surface area (Å²) < 4.78 is 21.8. The molecule has 0 bridgehead atoms. The fourth-order valence-corrected chi connectivity index (χ4v) is 6.74. The number of nitrogens with zero attached hydrogens (tertiary/aromatic N) is 3. The van der Waals surface area contributed by atoms with Gasteiger partial charge < -0.3 is 29.2 Å². The Morgan fingerprint density at radius 2 is 1.51 bits per heavy atom. The van der Waals surface area contributed by atoms with E-state index in [1.54, 1.807) is 48.7 Å². The van der Waals surface area contributed by atoms with E-state index in [9.17, 15) is 14.4 Å². The van der Waals surface area contributed by atoms with Gasteiger partial charge >= 0.3 is 18.2 Å². The van der Waals surface area contributed by atoms with Gasteiger partial charge in [0.05, 0.1) is 25.7 Å². The van der Waals surface area contributed by atoms with E-state index in [-0.39, 0.29) is 43.2 Å². The van der Waals surface area contributed by atoms with Gasteiger partial charge in [0.1, 0.15) is 17.0 Å². The van der Waals surface area contributed by atoms with Gasteiger partial charge in [-0.2, -0.15) is 0 Å². The monoisotopic (exact) mass is 769 g/mol. The molecule has 1 fully saturated rings. The highest BCUT2D eigenvalue weighted by Gasteiger charge is 2.48. The fourth-order valence-electron chi connectivity index (χ4n) is 6.74. The summed E-state index contributed by atoms with van der Waals surface area (Å²) in [4.78, 5) is 50.2. The van der Waals surface area contributed by atoms with Crippen molar-refractivity contribution in [1.82, 2.24) is 15.5 Å². The minimum absolute atomic E-state index is 0.0391. The molecule has 13 heteroatoms. The zero-order valence-electron chi connectivity index (χ0n) is 34.9. The molecule has 55 heavy (non-hydrogen) atoms. The number of methoxy groups -OCH3 is 1. The summed E-state index contributed by atoms with van der Waals surface area (Å²) in [5.41, 5.74) is -0.563. The lowest BCUT2D eigenvalue weighted by Gasteiger charge is -2.42. The van der Waals surface area contributed by atoms with Crippen molar-refractivity contribution in [1.29, 1.82) is 0 Å². The summed E-state index contributed by atoms with van der Waals surface area (Å²) in [6.45, 7) is 15.1. The molecule has 1 unspecified atom stereocenters. The van der Waals surface area contributed by atoms with E-state index in [0.29, 0.717) is 12.8 Å². The number of esters is 1. The third-order valence-corrected chi connectivity index (χ3v) is 9.27. The third-order valence-electron chi connectivity index (χ3n) is 9.27. The highest BCUT2D eigenvalue weighted by atomic mass is 16.6. The van der Waals surface area contributed by atoms with Crippen LogP contribution < -0.4 is 20.7 Å². The Hall–Kier alpha value is -4.29. The van der Waals surface area contributed by atoms with E-state index in [2.05, 4.69) is 44.9 Å². The number of ether oxygens (including phenoxy) is 4. The largest absolute Gasteiger partial charge is 0.497 e. The molecular weight excluding hydrogens is 700 g/mol. The van der Waals surface area contributed by atoms with Crippen LogP contribution in [0.2, 0.25) is 0 Å². The lowest BCUT2D eigenvalue weighted by molar-refractivity contribution is -0.151. The number of anilines is 1. The SMILES string of the molecule is CCCCCCCC/C=C\C[C@@H]1CCC2[C@@H](C(=O)OCCCCN=C(NC(=O)OC(C)(C)C)NC(=O)OC(C)(C)C)[C@@H](C)N=C(Nc3ccc(OC)cc3)N21. The van der Waals surface area contributed by atoms with Crippen LogP contribution in [0.5, 0.6) is 5.75 Å². The van der Waals surface area contributed by atoms with Crippen molar-refractivity contribution in [3.05, 3.63) is 36.4 Å². The van der Waals surface area contributed by atoms with Gasteiger partial charge in [-0.25, -0.2) is 14.6 Å². The number of hydrogen-bond acceptors (Lipinski definition) is 11. The lowest BCUT2D eigenvalue weighted by atomic mass is 9.90. The molecular formula is C42H68N6O7. The predicted octanol–water partition coefficient (Wildman–Crippen LogP) is 8.74. The number of aliphatic imine (C=N–C) groups is 2. The number of nitrogens with one attached hydrogen (secondary N) is 3. The van der Waals surface area contributed by atoms with Crippen LogP contribution in [0.1, 0.15) is 132 Å². The molecule has 3 rings (SSSR count). The van der Waals surface area contributed by atoms with Gasteiger partial charge in [0.25, 0.3) is 0 Å². The van der Waals surface area contributed by atoms with Crippen LogP contribution in [-0.4, -0.2) is 84.6 Å². The van der Waals surface area contributed by atoms with Crippen molar-refractivity contribution in [3.63, 3.8) is 0 Å². The van der Waals surface area contributed by atoms with Gasteiger partial charge in [-0.05, 0) is 118 Å². The predicted molar refractivity (Wildman–Crippen MR) is 219 cm³/mol. The summed E-state index contributed by atoms with van der Waals surface area (Å²) in [7, 11) is 1.65. The second-order valence-corrected chi connectivity index (χ2v) is 16.4. The van der Waals surface area contributed by atoms with Crippen LogP contribution in [0.3, 0.4) is 0 Å². The maximum Gasteiger partial charge on any atom is 0.414 e. The molecule has 2 amide bonds. The molecule has 2 aliphatic rings. The molecule has 0 spiro atoms. The fraction of sp³-hybridized carbons (Fsp3) is 0.690. The summed E-state index contributed by atoms with van der Waals surface area (Å²) in [6, 6.07) is 7.68. The number of hydrogen-bond donors (Lipinski definition) is 3. The smallest absolute Gasteiger partial charge is 0.414 e. The van der Waals surface area contributed by atoms with Crippen LogP contribution in [0, 0.1) is 5.92 Å². The standard InChI is InChI=1S/C42H68N6O7/c1-10-11-12-13-14-15-16-17-18-21-32-24-27-34-35(30(2)44-38(48(32)34)45-31-22-25-33(52-9)26-23-31)36(49)53-29-20-19-28-43-37(46-39(50)54-41(3,4)5)47-40(51)55-42(6,7)8/h17-18,22-23,25-26,30,32,34-35H,10-16,19-21,24,27-29H2,1-9H3,(H,44,45)(H2,43,46,47,50,51)/b18-17-/t30-,32-,34?,35+/m1/s1. The summed E-state index contributed by atoms with van der Waals surface area (Å²) in [5, 5.41) is 8.51. The van der Waals surface area contributed by atoms with Crippen LogP contribution in [0.25, 0.3) is 0 Å². The van der Waals surface area contributed by atoms with E-state index in [4.69, 9.17) is 23.9 Å². The first-order valence-corrected chi connectivity index (χ1v) is 20.2. The van der Waals surface area contributed by atoms with E-state index in [1.807, 2.05) is 31.2 Å². The van der Waals surface area contributed by atoms with Gasteiger partial charge in [-0.15, -0.1) is 0 Å². The van der Waals surface area contributed by atoms with Gasteiger partial charge in [-0.3, -0.25) is 20.4 Å². The number of carbonyl (C=O) groups is 3. The number of benzene rings is 1. The maximum absolute atomic E-state index is 13.7. The zero-order valence-corrected chi connectivity index (χ0v) is 34.9. The normalized spacial score (nSPS) is 19.6. The first kappa shape index (κ1) is 45.1. The average molecular weight is 769 g/mol. The Bertz CT molecular complexity index is 1420. The van der Waals surface area contributed by atoms with Crippen molar-refractivity contribution < 1.29 is 33.3 Å². The van der Waals surface area contributed by atoms with E-state index >= 15 is 0 Å². The summed E-state index contributed by atoms with van der Waals surface area (Å²) in [6.07, 6.45) is 15.7. The molecule has 0 aliphatic carbocycles. The first-order valence-electron chi connectivity index (χ1n) is 20.2. The second-order valence-electron chi connectivity index (χ2n) is 16.4. The van der Waals surface area contributed by atoms with Crippen LogP contribution in [0.4, 0.5) is 15.3 Å². The molecule has 2 heterocycles. The van der Waals surface area contributed by atoms with E-state index < -0.39 is 29.3 Å². The van der Waals surface area contributed by atoms with Crippen LogP contribution in [0.15, 0.2) is 46.4 Å². The molecule has 1 aromatic carbocycles. The first-order chi connectivity index (χ1) is 26.1. The molecule has 308 valence electrons. The van der Waals surface area contributed by atoms with Gasteiger partial charge in [-0.1, -0.05) is 51.2 Å². The lowest BCUT2D eigenvalue weighted by Crippen LogP contribution is -2.55. The van der Waals surface area contributed by atoms with Crippen molar-refractivity contribution in [2.75, 3.05) is 25.6 Å². The molecule has 1 saturated heterocycles. The molecule has 2 aliphatic heterocycles. The number of amides is 2. The number of alkyl carbamates (subject to hydrolysis) is 2.